The molecule has 11 nitrogen and oxygen atoms in total. The number of fused-ring (bicyclic) bond motifs is 5. The van der Waals surface area contributed by atoms with Crippen molar-refractivity contribution < 1.29 is 18.6 Å². The lowest BCUT2D eigenvalue weighted by Gasteiger charge is -2.35. The average Bonchev–Trinajstić information content (AvgIpc) is 3.84. The van der Waals surface area contributed by atoms with Crippen LogP contribution in [0.15, 0.2) is 55.2 Å². The zero-order chi connectivity index (χ0) is 31.0. The predicted molar refractivity (Wildman–Crippen MR) is 167 cm³/mol. The number of piperazine rings is 1. The molecule has 5 atom stereocenters. The van der Waals surface area contributed by atoms with Gasteiger partial charge in [0.25, 0.3) is 0 Å². The van der Waals surface area contributed by atoms with Gasteiger partial charge in [-0.3, -0.25) is 9.88 Å². The number of hydrogen-bond donors (Lipinski definition) is 2. The Bertz CT molecular complexity index is 1960. The Morgan fingerprint density at radius 3 is 2.93 bits per heavy atom. The molecule has 4 aliphatic heterocycles. The summed E-state index contributed by atoms with van der Waals surface area (Å²) >= 11 is 0. The van der Waals surface area contributed by atoms with E-state index in [9.17, 15) is 9.50 Å². The lowest BCUT2D eigenvalue weighted by molar-refractivity contribution is 0.107. The normalized spacial score (nSPS) is 27.6. The smallest absolute Gasteiger partial charge is 0.319 e. The molecule has 0 amide bonds. The highest BCUT2D eigenvalue weighted by Gasteiger charge is 2.49. The molecule has 4 fully saturated rings. The maximum Gasteiger partial charge on any atom is 0.319 e. The minimum atomic E-state index is -0.889. The summed E-state index contributed by atoms with van der Waals surface area (Å²) in [7, 11) is 0. The van der Waals surface area contributed by atoms with Crippen LogP contribution in [0.3, 0.4) is 0 Å². The molecule has 0 spiro atoms. The lowest BCUT2D eigenvalue weighted by atomic mass is 9.95. The quantitative estimate of drug-likeness (QED) is 0.287. The van der Waals surface area contributed by atoms with E-state index in [1.165, 1.54) is 0 Å². The summed E-state index contributed by atoms with van der Waals surface area (Å²) < 4.78 is 39.5. The second-order valence-corrected chi connectivity index (χ2v) is 13.1. The SMILES string of the molecule is Oc1ccc2c(-c3ncc4c(N5CC6C[C@@H](n7cncn7)C(C5)N6)nc(OC[C@@]56CCCN5C[C@H](F)C6)nc4c3F)cccc2c1. The van der Waals surface area contributed by atoms with Crippen molar-refractivity contribution in [2.24, 2.45) is 0 Å². The van der Waals surface area contributed by atoms with E-state index in [-0.39, 0.29) is 47.7 Å². The zero-order valence-electron chi connectivity index (χ0n) is 25.1. The van der Waals surface area contributed by atoms with Crippen molar-refractivity contribution in [3.05, 3.63) is 61.1 Å². The van der Waals surface area contributed by atoms with Gasteiger partial charge in [-0.05, 0) is 48.7 Å². The van der Waals surface area contributed by atoms with Crippen molar-refractivity contribution in [3.8, 4) is 23.0 Å². The minimum Gasteiger partial charge on any atom is -0.508 e. The molecule has 46 heavy (non-hydrogen) atoms. The number of phenolic OH excluding ortho intramolecular Hbond substituents is 1. The number of anilines is 1. The first-order chi connectivity index (χ1) is 22.4. The molecule has 4 aliphatic rings. The number of phenols is 1. The monoisotopic (exact) mass is 625 g/mol. The minimum absolute atomic E-state index is 0.0728. The summed E-state index contributed by atoms with van der Waals surface area (Å²) in [6.45, 7) is 2.77. The predicted octanol–water partition coefficient (Wildman–Crippen LogP) is 4.03. The molecule has 4 saturated heterocycles. The van der Waals surface area contributed by atoms with Crippen molar-refractivity contribution in [3.63, 3.8) is 0 Å². The van der Waals surface area contributed by atoms with Gasteiger partial charge < -0.3 is 20.1 Å². The van der Waals surface area contributed by atoms with E-state index < -0.39 is 17.5 Å². The van der Waals surface area contributed by atoms with Crippen LogP contribution in [0.2, 0.25) is 0 Å². The third-order valence-electron chi connectivity index (χ3n) is 10.4. The van der Waals surface area contributed by atoms with E-state index in [0.29, 0.717) is 42.8 Å². The third kappa shape index (κ3) is 4.47. The number of aromatic hydroxyl groups is 1. The van der Waals surface area contributed by atoms with E-state index in [4.69, 9.17) is 9.72 Å². The molecule has 3 aromatic heterocycles. The fourth-order valence-corrected chi connectivity index (χ4v) is 8.31. The van der Waals surface area contributed by atoms with Crippen LogP contribution in [-0.2, 0) is 0 Å². The van der Waals surface area contributed by atoms with Gasteiger partial charge in [0.1, 0.15) is 48.2 Å². The van der Waals surface area contributed by atoms with Crippen molar-refractivity contribution in [2.45, 2.75) is 55.5 Å². The number of aromatic nitrogens is 6. The van der Waals surface area contributed by atoms with Gasteiger partial charge in [-0.1, -0.05) is 24.3 Å². The maximum absolute atomic E-state index is 16.7. The number of alkyl halides is 1. The molecule has 13 heteroatoms. The average molecular weight is 626 g/mol. The van der Waals surface area contributed by atoms with Gasteiger partial charge in [-0.15, -0.1) is 0 Å². The Morgan fingerprint density at radius 1 is 1.11 bits per heavy atom. The number of halogens is 2. The molecule has 2 unspecified atom stereocenters. The Morgan fingerprint density at radius 2 is 2.04 bits per heavy atom. The van der Waals surface area contributed by atoms with Crippen molar-refractivity contribution in [1.82, 2.24) is 39.9 Å². The lowest BCUT2D eigenvalue weighted by Crippen LogP contribution is -2.52. The first kappa shape index (κ1) is 27.8. The molecule has 0 saturated carbocycles. The van der Waals surface area contributed by atoms with E-state index in [1.807, 2.05) is 22.9 Å². The van der Waals surface area contributed by atoms with Crippen LogP contribution in [0, 0.1) is 5.82 Å². The van der Waals surface area contributed by atoms with Gasteiger partial charge in [-0.25, -0.2) is 18.4 Å². The zero-order valence-corrected chi connectivity index (χ0v) is 25.1. The summed E-state index contributed by atoms with van der Waals surface area (Å²) in [4.78, 5) is 22.6. The highest BCUT2D eigenvalue weighted by Crippen LogP contribution is 2.41. The Labute approximate surface area is 263 Å². The molecule has 2 N–H and O–H groups in total. The van der Waals surface area contributed by atoms with Crippen LogP contribution in [0.25, 0.3) is 32.9 Å². The van der Waals surface area contributed by atoms with Crippen molar-refractivity contribution in [1.29, 1.82) is 0 Å². The molecule has 0 radical (unpaired) electrons. The van der Waals surface area contributed by atoms with Crippen LogP contribution in [-0.4, -0.2) is 96.3 Å². The molecule has 236 valence electrons. The summed E-state index contributed by atoms with van der Waals surface area (Å²) in [5.41, 5.74) is 0.474. The first-order valence-electron chi connectivity index (χ1n) is 15.9. The van der Waals surface area contributed by atoms with Gasteiger partial charge in [-0.2, -0.15) is 15.1 Å². The Balaban J connectivity index is 1.13. The summed E-state index contributed by atoms with van der Waals surface area (Å²) in [5, 5.41) is 20.1. The van der Waals surface area contributed by atoms with Crippen molar-refractivity contribution >= 4 is 27.5 Å². The van der Waals surface area contributed by atoms with Crippen LogP contribution in [0.5, 0.6) is 11.8 Å². The first-order valence-corrected chi connectivity index (χ1v) is 15.9. The van der Waals surface area contributed by atoms with Gasteiger partial charge in [0.15, 0.2) is 5.82 Å². The molecular formula is C33H33F2N9O2. The largest absolute Gasteiger partial charge is 0.508 e. The number of ether oxygens (including phenoxy) is 1. The standard InChI is InChI=1S/C33H33F2N9O2/c34-20-11-33(7-2-8-43(33)13-20)16-46-32-40-30-25(12-37-29(28(30)35)24-4-1-3-19-9-22(45)5-6-23(19)24)31(41-32)42-14-21-10-27(26(15-42)39-21)44-18-36-17-38-44/h1,3-6,9,12,17-18,20-21,26-27,39,45H,2,7-8,10-11,13-16H2/t20-,21?,26?,27-,33+/m1/s1. The third-order valence-corrected chi connectivity index (χ3v) is 10.4. The van der Waals surface area contributed by atoms with E-state index >= 15 is 4.39 Å². The van der Waals surface area contributed by atoms with Gasteiger partial charge in [0.05, 0.1) is 17.0 Å². The van der Waals surface area contributed by atoms with Crippen LogP contribution < -0.4 is 15.0 Å². The van der Waals surface area contributed by atoms with Gasteiger partial charge in [0.2, 0.25) is 0 Å². The molecule has 2 bridgehead atoms. The van der Waals surface area contributed by atoms with Crippen LogP contribution in [0.1, 0.15) is 31.7 Å². The van der Waals surface area contributed by atoms with E-state index in [2.05, 4.69) is 35.2 Å². The topological polar surface area (TPSA) is 117 Å². The molecule has 0 aliphatic carbocycles. The van der Waals surface area contributed by atoms with Crippen LogP contribution in [0.4, 0.5) is 14.6 Å². The number of pyridine rings is 1. The number of nitrogens with zero attached hydrogens (tertiary/aromatic N) is 8. The fourth-order valence-electron chi connectivity index (χ4n) is 8.31. The molecule has 5 aromatic rings. The summed E-state index contributed by atoms with van der Waals surface area (Å²) in [5.74, 6) is 0.121. The van der Waals surface area contributed by atoms with E-state index in [1.54, 1.807) is 37.1 Å². The van der Waals surface area contributed by atoms with Gasteiger partial charge in [0, 0.05) is 49.9 Å². The Hall–Kier alpha value is -4.49. The number of hydrogen-bond acceptors (Lipinski definition) is 10. The van der Waals surface area contributed by atoms with Gasteiger partial charge >= 0.3 is 6.01 Å². The highest BCUT2D eigenvalue weighted by atomic mass is 19.1. The summed E-state index contributed by atoms with van der Waals surface area (Å²) in [6.07, 6.45) is 7.18. The highest BCUT2D eigenvalue weighted by molar-refractivity contribution is 5.99. The number of rotatable bonds is 6. The molecular weight excluding hydrogens is 592 g/mol. The second kappa shape index (κ2) is 10.5. The van der Waals surface area contributed by atoms with Crippen molar-refractivity contribution in [2.75, 3.05) is 37.7 Å². The fraction of sp³-hybridized carbons (Fsp3) is 0.424. The molecule has 7 heterocycles. The van der Waals surface area contributed by atoms with Crippen LogP contribution >= 0.6 is 0 Å². The van der Waals surface area contributed by atoms with E-state index in [0.717, 1.165) is 36.6 Å². The Kier molecular flexibility index (Phi) is 6.36. The molecule has 9 rings (SSSR count). The second-order valence-electron chi connectivity index (χ2n) is 13.1. The summed E-state index contributed by atoms with van der Waals surface area (Å²) in [6, 6.07) is 11.0. The maximum atomic E-state index is 16.7. The molecule has 2 aromatic carbocycles. The number of nitrogens with one attached hydrogen (secondary N) is 1. The number of benzene rings is 2.